The Balaban J connectivity index is 1.28. The van der Waals surface area contributed by atoms with Gasteiger partial charge in [0.2, 0.25) is 5.91 Å². The third kappa shape index (κ3) is 5.03. The van der Waals surface area contributed by atoms with Crippen LogP contribution in [0.25, 0.3) is 0 Å². The molecule has 9 heteroatoms. The van der Waals surface area contributed by atoms with Crippen molar-refractivity contribution in [1.82, 2.24) is 14.9 Å². The van der Waals surface area contributed by atoms with Crippen molar-refractivity contribution < 1.29 is 9.59 Å². The molecule has 1 fully saturated rings. The van der Waals surface area contributed by atoms with Gasteiger partial charge >= 0.3 is 0 Å². The molecule has 0 saturated carbocycles. The van der Waals surface area contributed by atoms with Gasteiger partial charge in [-0.15, -0.1) is 11.3 Å². The van der Waals surface area contributed by atoms with Crippen LogP contribution in [0.3, 0.4) is 0 Å². The summed E-state index contributed by atoms with van der Waals surface area (Å²) in [5.74, 6) is 0.758. The number of anilines is 2. The molecule has 2 amide bonds. The van der Waals surface area contributed by atoms with Gasteiger partial charge in [0.15, 0.2) is 5.13 Å². The lowest BCUT2D eigenvalue weighted by molar-refractivity contribution is -0.130. The molecule has 3 heterocycles. The highest BCUT2D eigenvalue weighted by atomic mass is 79.9. The van der Waals surface area contributed by atoms with E-state index in [1.807, 2.05) is 40.6 Å². The van der Waals surface area contributed by atoms with Crippen LogP contribution in [-0.4, -0.2) is 52.9 Å². The molecule has 1 aliphatic rings. The van der Waals surface area contributed by atoms with Crippen LogP contribution in [0.2, 0.25) is 0 Å². The number of carbonyl (C=O) groups excluding carboxylic acids is 2. The molecular weight excluding hydrogens is 466 g/mol. The first-order valence-corrected chi connectivity index (χ1v) is 11.2. The molecule has 1 aliphatic heterocycles. The Morgan fingerprint density at radius 1 is 1.07 bits per heavy atom. The fourth-order valence-electron chi connectivity index (χ4n) is 3.21. The Bertz CT molecular complexity index is 1020. The first-order chi connectivity index (χ1) is 14.6. The van der Waals surface area contributed by atoms with Crippen molar-refractivity contribution in [2.75, 3.05) is 36.4 Å². The molecule has 4 rings (SSSR count). The number of aromatic nitrogens is 2. The van der Waals surface area contributed by atoms with Crippen LogP contribution < -0.4 is 10.2 Å². The summed E-state index contributed by atoms with van der Waals surface area (Å²) in [4.78, 5) is 37.7. The van der Waals surface area contributed by atoms with Crippen molar-refractivity contribution in [2.45, 2.75) is 6.42 Å². The topological polar surface area (TPSA) is 78.4 Å². The van der Waals surface area contributed by atoms with Crippen LogP contribution in [0, 0.1) is 0 Å². The summed E-state index contributed by atoms with van der Waals surface area (Å²) in [5.41, 5.74) is 1.24. The number of benzene rings is 1. The van der Waals surface area contributed by atoms with Gasteiger partial charge in [0.25, 0.3) is 5.91 Å². The fourth-order valence-corrected chi connectivity index (χ4v) is 4.15. The molecule has 0 radical (unpaired) electrons. The Hall–Kier alpha value is -2.78. The predicted octanol–water partition coefficient (Wildman–Crippen LogP) is 3.44. The maximum atomic E-state index is 12.7. The minimum Gasteiger partial charge on any atom is -0.353 e. The Morgan fingerprint density at radius 3 is 2.53 bits per heavy atom. The molecular formula is C21H20BrN5O2S. The molecule has 1 N–H and O–H groups in total. The highest BCUT2D eigenvalue weighted by molar-refractivity contribution is 9.10. The molecule has 154 valence electrons. The summed E-state index contributed by atoms with van der Waals surface area (Å²) in [6, 6.07) is 12.9. The van der Waals surface area contributed by atoms with E-state index in [-0.39, 0.29) is 18.2 Å². The van der Waals surface area contributed by atoms with Gasteiger partial charge in [-0.3, -0.25) is 14.9 Å². The lowest BCUT2D eigenvalue weighted by Gasteiger charge is -2.35. The second kappa shape index (κ2) is 9.36. The summed E-state index contributed by atoms with van der Waals surface area (Å²) in [5, 5.41) is 5.10. The quantitative estimate of drug-likeness (QED) is 0.598. The monoisotopic (exact) mass is 485 g/mol. The molecule has 0 spiro atoms. The van der Waals surface area contributed by atoms with E-state index in [0.717, 1.165) is 23.4 Å². The number of thiazole rings is 1. The van der Waals surface area contributed by atoms with Crippen molar-refractivity contribution >= 4 is 50.0 Å². The Morgan fingerprint density at radius 2 is 1.83 bits per heavy atom. The number of hydrogen-bond donors (Lipinski definition) is 1. The largest absolute Gasteiger partial charge is 0.353 e. The van der Waals surface area contributed by atoms with Gasteiger partial charge in [-0.2, -0.15) is 0 Å². The number of rotatable bonds is 5. The molecule has 2 aromatic heterocycles. The molecule has 0 atom stereocenters. The molecule has 7 nitrogen and oxygen atoms in total. The Kier molecular flexibility index (Phi) is 6.39. The zero-order chi connectivity index (χ0) is 20.9. The van der Waals surface area contributed by atoms with Gasteiger partial charge in [-0.1, -0.05) is 18.2 Å². The number of hydrogen-bond acceptors (Lipinski definition) is 6. The number of carbonyl (C=O) groups is 2. The number of piperazine rings is 1. The van der Waals surface area contributed by atoms with Crippen LogP contribution in [-0.2, 0) is 11.2 Å². The number of nitrogens with zero attached hydrogens (tertiary/aromatic N) is 4. The molecule has 0 unspecified atom stereocenters. The molecule has 0 bridgehead atoms. The van der Waals surface area contributed by atoms with E-state index in [0.29, 0.717) is 29.5 Å². The molecule has 0 aliphatic carbocycles. The standard InChI is InChI=1S/C21H20BrN5O2S/c22-16-6-7-18(23-13-16)26-8-10-27(11-9-26)19(28)12-17-14-30-21(24-17)25-20(29)15-4-2-1-3-5-15/h1-7,13-14H,8-12H2,(H,24,25,29). The van der Waals surface area contributed by atoms with Crippen LogP contribution in [0.5, 0.6) is 0 Å². The average molecular weight is 486 g/mol. The molecule has 3 aromatic rings. The Labute approximate surface area is 186 Å². The number of pyridine rings is 1. The van der Waals surface area contributed by atoms with Crippen molar-refractivity contribution in [2.24, 2.45) is 0 Å². The van der Waals surface area contributed by atoms with Crippen LogP contribution in [0.15, 0.2) is 58.5 Å². The van der Waals surface area contributed by atoms with Crippen molar-refractivity contribution in [3.05, 3.63) is 69.8 Å². The third-order valence-electron chi connectivity index (χ3n) is 4.81. The van der Waals surface area contributed by atoms with E-state index in [4.69, 9.17) is 0 Å². The number of nitrogens with one attached hydrogen (secondary N) is 1. The van der Waals surface area contributed by atoms with E-state index in [1.165, 1.54) is 11.3 Å². The fraction of sp³-hybridized carbons (Fsp3) is 0.238. The van der Waals surface area contributed by atoms with Gasteiger partial charge in [0.1, 0.15) is 5.82 Å². The van der Waals surface area contributed by atoms with Crippen molar-refractivity contribution in [1.29, 1.82) is 0 Å². The summed E-state index contributed by atoms with van der Waals surface area (Å²) in [7, 11) is 0. The average Bonchev–Trinajstić information content (AvgIpc) is 3.21. The van der Waals surface area contributed by atoms with Gasteiger partial charge in [-0.25, -0.2) is 9.97 Å². The van der Waals surface area contributed by atoms with Crippen LogP contribution in [0.1, 0.15) is 16.1 Å². The van der Waals surface area contributed by atoms with Crippen molar-refractivity contribution in [3.8, 4) is 0 Å². The van der Waals surface area contributed by atoms with E-state index >= 15 is 0 Å². The normalized spacial score (nSPS) is 13.9. The highest BCUT2D eigenvalue weighted by Gasteiger charge is 2.22. The van der Waals surface area contributed by atoms with Crippen LogP contribution >= 0.6 is 27.3 Å². The van der Waals surface area contributed by atoms with Gasteiger partial charge in [0.05, 0.1) is 12.1 Å². The third-order valence-corrected chi connectivity index (χ3v) is 6.08. The maximum Gasteiger partial charge on any atom is 0.257 e. The van der Waals surface area contributed by atoms with E-state index < -0.39 is 0 Å². The van der Waals surface area contributed by atoms with Crippen molar-refractivity contribution in [3.63, 3.8) is 0 Å². The first-order valence-electron chi connectivity index (χ1n) is 9.53. The zero-order valence-corrected chi connectivity index (χ0v) is 18.5. The number of amides is 2. The second-order valence-corrected chi connectivity index (χ2v) is 8.62. The molecule has 1 saturated heterocycles. The maximum absolute atomic E-state index is 12.7. The van der Waals surface area contributed by atoms with E-state index in [9.17, 15) is 9.59 Å². The van der Waals surface area contributed by atoms with Gasteiger partial charge in [-0.05, 0) is 40.2 Å². The summed E-state index contributed by atoms with van der Waals surface area (Å²) in [6.45, 7) is 2.79. The summed E-state index contributed by atoms with van der Waals surface area (Å²) in [6.07, 6.45) is 2.01. The highest BCUT2D eigenvalue weighted by Crippen LogP contribution is 2.19. The summed E-state index contributed by atoms with van der Waals surface area (Å²) < 4.78 is 0.947. The second-order valence-electron chi connectivity index (χ2n) is 6.84. The lowest BCUT2D eigenvalue weighted by atomic mass is 10.2. The van der Waals surface area contributed by atoms with E-state index in [2.05, 4.69) is 36.1 Å². The number of halogens is 1. The molecule has 30 heavy (non-hydrogen) atoms. The zero-order valence-electron chi connectivity index (χ0n) is 16.1. The lowest BCUT2D eigenvalue weighted by Crippen LogP contribution is -2.49. The minimum absolute atomic E-state index is 0.0460. The smallest absolute Gasteiger partial charge is 0.257 e. The van der Waals surface area contributed by atoms with Crippen LogP contribution in [0.4, 0.5) is 10.9 Å². The SMILES string of the molecule is O=C(Nc1nc(CC(=O)N2CCN(c3ccc(Br)cn3)CC2)cs1)c1ccccc1. The summed E-state index contributed by atoms with van der Waals surface area (Å²) >= 11 is 4.72. The van der Waals surface area contributed by atoms with E-state index in [1.54, 1.807) is 18.3 Å². The van der Waals surface area contributed by atoms with Gasteiger partial charge < -0.3 is 9.80 Å². The predicted molar refractivity (Wildman–Crippen MR) is 121 cm³/mol. The molecule has 1 aromatic carbocycles. The minimum atomic E-state index is -0.208. The first kappa shape index (κ1) is 20.5. The van der Waals surface area contributed by atoms with Gasteiger partial charge in [0, 0.05) is 47.8 Å².